The van der Waals surface area contributed by atoms with Crippen molar-refractivity contribution >= 4 is 37.1 Å². The molecule has 1 unspecified atom stereocenters. The number of carboxylic acid groups (broad SMARTS) is 1. The molecule has 0 rings (SSSR count). The Kier molecular flexibility index (Phi) is 19.8. The Balaban J connectivity index is -0.000000249. The van der Waals surface area contributed by atoms with Crippen LogP contribution in [0.5, 0.6) is 0 Å². The number of nitrogens with one attached hydrogen (secondary N) is 1. The molecule has 95 valence electrons. The van der Waals surface area contributed by atoms with Gasteiger partial charge in [0.25, 0.3) is 0 Å². The maximum atomic E-state index is 10.3. The van der Waals surface area contributed by atoms with Crippen molar-refractivity contribution < 1.29 is 37.1 Å². The van der Waals surface area contributed by atoms with Crippen LogP contribution < -0.4 is 11.1 Å². The summed E-state index contributed by atoms with van der Waals surface area (Å²) in [6.45, 7) is 1.95. The first kappa shape index (κ1) is 20.7. The fourth-order valence-corrected chi connectivity index (χ4v) is 0.678. The summed E-state index contributed by atoms with van der Waals surface area (Å²) in [5.74, 6) is -0.527. The monoisotopic (exact) mass is 437 g/mol. The molecule has 0 spiro atoms. The van der Waals surface area contributed by atoms with Crippen molar-refractivity contribution in [2.75, 3.05) is 18.1 Å². The first-order chi connectivity index (χ1) is 6.49. The predicted molar refractivity (Wildman–Crippen MR) is 62.0 cm³/mol. The molecule has 0 aromatic carbocycles. The van der Waals surface area contributed by atoms with Crippen LogP contribution in [0.15, 0.2) is 0 Å². The average molecular weight is 437 g/mol. The molecule has 0 saturated carbocycles. The van der Waals surface area contributed by atoms with E-state index in [-0.39, 0.29) is 34.0 Å². The van der Waals surface area contributed by atoms with Gasteiger partial charge >= 0.3 is 5.97 Å². The van der Waals surface area contributed by atoms with Crippen LogP contribution in [0, 0.1) is 0 Å². The van der Waals surface area contributed by atoms with Crippen molar-refractivity contribution in [1.29, 1.82) is 0 Å². The Bertz CT molecular complexity index is 182. The van der Waals surface area contributed by atoms with Crippen LogP contribution in [0.3, 0.4) is 0 Å². The Hall–Kier alpha value is 0.340. The van der Waals surface area contributed by atoms with Gasteiger partial charge in [-0.15, -0.1) is 0 Å². The summed E-state index contributed by atoms with van der Waals surface area (Å²) in [6, 6.07) is -0.874. The van der Waals surface area contributed by atoms with Gasteiger partial charge in [-0.3, -0.25) is 4.79 Å². The van der Waals surface area contributed by atoms with Crippen LogP contribution in [0.2, 0.25) is 0 Å². The molecular weight excluding hydrogens is 421 g/mol. The number of amides is 1. The second-order valence-corrected chi connectivity index (χ2v) is 3.10. The standard InChI is InChI=1S/C5H9NO3S.C2H7NS.Au/c1-3(7)6-4(2-10)5(8)9;3-1-2-4;/h4,10H,2H2,1H3,(H,6,7)(H,8,9);4H,1-3H2;. The van der Waals surface area contributed by atoms with E-state index in [0.29, 0.717) is 6.54 Å². The van der Waals surface area contributed by atoms with Gasteiger partial charge in [0.15, 0.2) is 0 Å². The zero-order chi connectivity index (χ0) is 11.6. The summed E-state index contributed by atoms with van der Waals surface area (Å²) >= 11 is 7.53. The second kappa shape index (κ2) is 14.3. The first-order valence-electron chi connectivity index (χ1n) is 3.91. The number of carboxylic acids is 1. The molecule has 8 heteroatoms. The van der Waals surface area contributed by atoms with E-state index in [4.69, 9.17) is 10.8 Å². The summed E-state index contributed by atoms with van der Waals surface area (Å²) in [6.07, 6.45) is 0. The van der Waals surface area contributed by atoms with Gasteiger partial charge in [0.1, 0.15) is 6.04 Å². The topological polar surface area (TPSA) is 92.4 Å². The summed E-state index contributed by atoms with van der Waals surface area (Å²) in [7, 11) is 0. The van der Waals surface area contributed by atoms with E-state index in [0.717, 1.165) is 5.75 Å². The van der Waals surface area contributed by atoms with Gasteiger partial charge in [-0.2, -0.15) is 25.3 Å². The van der Waals surface area contributed by atoms with E-state index in [2.05, 4.69) is 30.6 Å². The molecule has 0 saturated heterocycles. The smallest absolute Gasteiger partial charge is 0.327 e. The summed E-state index contributed by atoms with van der Waals surface area (Å²) in [4.78, 5) is 20.5. The molecule has 1 radical (unpaired) electrons. The molecular formula is C7H16AuN2O3S2. The van der Waals surface area contributed by atoms with Crippen molar-refractivity contribution in [3.63, 3.8) is 0 Å². The molecule has 1 amide bonds. The molecule has 0 aliphatic heterocycles. The van der Waals surface area contributed by atoms with Crippen LogP contribution in [-0.4, -0.2) is 41.1 Å². The number of nitrogens with two attached hydrogens (primary N) is 1. The van der Waals surface area contributed by atoms with Crippen molar-refractivity contribution in [3.05, 3.63) is 0 Å². The number of rotatable bonds is 4. The Morgan fingerprint density at radius 3 is 1.93 bits per heavy atom. The molecule has 0 fully saturated rings. The first-order valence-corrected chi connectivity index (χ1v) is 5.17. The normalized spacial score (nSPS) is 10.1. The SMILES string of the molecule is CC(=O)NC(CS)C(=O)O.NCCS.[Au]. The van der Waals surface area contributed by atoms with Gasteiger partial charge in [0.05, 0.1) is 0 Å². The zero-order valence-electron chi connectivity index (χ0n) is 8.24. The van der Waals surface area contributed by atoms with Crippen LogP contribution in [0.1, 0.15) is 6.92 Å². The van der Waals surface area contributed by atoms with E-state index in [9.17, 15) is 9.59 Å². The summed E-state index contributed by atoms with van der Waals surface area (Å²) < 4.78 is 0. The second-order valence-electron chi connectivity index (χ2n) is 2.29. The molecule has 0 aromatic heterocycles. The van der Waals surface area contributed by atoms with Crippen molar-refractivity contribution in [3.8, 4) is 0 Å². The van der Waals surface area contributed by atoms with Gasteiger partial charge in [0, 0.05) is 47.4 Å². The third-order valence-corrected chi connectivity index (χ3v) is 1.61. The zero-order valence-corrected chi connectivity index (χ0v) is 12.2. The number of thiol groups is 2. The average Bonchev–Trinajstić information content (AvgIpc) is 2.14. The van der Waals surface area contributed by atoms with Crippen LogP contribution in [0.25, 0.3) is 0 Å². The number of hydrogen-bond donors (Lipinski definition) is 5. The van der Waals surface area contributed by atoms with E-state index >= 15 is 0 Å². The summed E-state index contributed by atoms with van der Waals surface area (Å²) in [5.41, 5.74) is 4.95. The van der Waals surface area contributed by atoms with E-state index in [1.165, 1.54) is 6.92 Å². The molecule has 5 nitrogen and oxygen atoms in total. The van der Waals surface area contributed by atoms with E-state index in [1.54, 1.807) is 0 Å². The minimum atomic E-state index is -1.06. The van der Waals surface area contributed by atoms with Gasteiger partial charge in [-0.05, 0) is 0 Å². The number of hydrogen-bond acceptors (Lipinski definition) is 5. The molecule has 0 bridgehead atoms. The van der Waals surface area contributed by atoms with Gasteiger partial charge in [-0.1, -0.05) is 0 Å². The third kappa shape index (κ3) is 17.0. The molecule has 4 N–H and O–H groups in total. The fraction of sp³-hybridized carbons (Fsp3) is 0.714. The minimum absolute atomic E-state index is 0. The Labute approximate surface area is 116 Å². The van der Waals surface area contributed by atoms with Crippen molar-refractivity contribution in [1.82, 2.24) is 5.32 Å². The number of carbonyl (C=O) groups excluding carboxylic acids is 1. The molecule has 0 aliphatic rings. The Morgan fingerprint density at radius 2 is 1.87 bits per heavy atom. The quantitative estimate of drug-likeness (QED) is 0.300. The predicted octanol–water partition coefficient (Wildman–Crippen LogP) is -0.622. The van der Waals surface area contributed by atoms with Gasteiger partial charge < -0.3 is 16.2 Å². The maximum Gasteiger partial charge on any atom is 0.327 e. The van der Waals surface area contributed by atoms with Crippen LogP contribution in [0.4, 0.5) is 0 Å². The van der Waals surface area contributed by atoms with Crippen molar-refractivity contribution in [2.24, 2.45) is 5.73 Å². The molecule has 0 aromatic rings. The minimum Gasteiger partial charge on any atom is -0.480 e. The maximum absolute atomic E-state index is 10.3. The summed E-state index contributed by atoms with van der Waals surface area (Å²) in [5, 5.41) is 10.6. The fourth-order valence-electron chi connectivity index (χ4n) is 0.431. The third-order valence-electron chi connectivity index (χ3n) is 0.987. The van der Waals surface area contributed by atoms with Crippen LogP contribution >= 0.6 is 25.3 Å². The number of aliphatic carboxylic acids is 1. The number of carbonyl (C=O) groups is 2. The molecule has 0 aliphatic carbocycles. The molecule has 15 heavy (non-hydrogen) atoms. The molecule has 0 heterocycles. The van der Waals surface area contributed by atoms with E-state index in [1.807, 2.05) is 0 Å². The largest absolute Gasteiger partial charge is 0.480 e. The Morgan fingerprint density at radius 1 is 1.47 bits per heavy atom. The van der Waals surface area contributed by atoms with E-state index < -0.39 is 12.0 Å². The van der Waals surface area contributed by atoms with Crippen molar-refractivity contribution in [2.45, 2.75) is 13.0 Å². The molecule has 1 atom stereocenters. The van der Waals surface area contributed by atoms with Gasteiger partial charge in [-0.25, -0.2) is 4.79 Å². The van der Waals surface area contributed by atoms with Gasteiger partial charge in [0.2, 0.25) is 5.91 Å². The van der Waals surface area contributed by atoms with Crippen LogP contribution in [-0.2, 0) is 32.0 Å².